The molecule has 0 bridgehead atoms. The average molecular weight is 221 g/mol. The molecule has 90 valence electrons. The van der Waals surface area contributed by atoms with Crippen LogP contribution < -0.4 is 0 Å². The fourth-order valence-corrected chi connectivity index (χ4v) is 3.18. The van der Waals surface area contributed by atoms with Gasteiger partial charge in [-0.1, -0.05) is 6.92 Å². The molecule has 0 spiro atoms. The van der Waals surface area contributed by atoms with Crippen molar-refractivity contribution in [1.29, 1.82) is 5.26 Å². The van der Waals surface area contributed by atoms with Crippen molar-refractivity contribution in [1.82, 2.24) is 0 Å². The Morgan fingerprint density at radius 2 is 1.81 bits per heavy atom. The highest BCUT2D eigenvalue weighted by atomic mass is 16.5. The second-order valence-corrected chi connectivity index (χ2v) is 5.83. The van der Waals surface area contributed by atoms with Gasteiger partial charge in [0.05, 0.1) is 11.5 Å². The summed E-state index contributed by atoms with van der Waals surface area (Å²) in [5, 5.41) is 9.48. The van der Waals surface area contributed by atoms with Crippen LogP contribution in [-0.4, -0.2) is 13.2 Å². The van der Waals surface area contributed by atoms with E-state index in [0.29, 0.717) is 0 Å². The molecule has 1 aliphatic heterocycles. The highest BCUT2D eigenvalue weighted by Gasteiger charge is 2.36. The minimum absolute atomic E-state index is 0.00845. The molecule has 2 heteroatoms. The van der Waals surface area contributed by atoms with Crippen LogP contribution in [0.4, 0.5) is 0 Å². The van der Waals surface area contributed by atoms with Gasteiger partial charge >= 0.3 is 0 Å². The van der Waals surface area contributed by atoms with Gasteiger partial charge in [-0.15, -0.1) is 0 Å². The topological polar surface area (TPSA) is 33.0 Å². The van der Waals surface area contributed by atoms with Gasteiger partial charge in [-0.25, -0.2) is 0 Å². The molecule has 16 heavy (non-hydrogen) atoms. The number of ether oxygens (including phenoxy) is 1. The molecule has 1 aliphatic carbocycles. The Kier molecular flexibility index (Phi) is 3.86. The third-order valence-corrected chi connectivity index (χ3v) is 4.49. The maximum absolute atomic E-state index is 9.48. The second kappa shape index (κ2) is 5.19. The van der Waals surface area contributed by atoms with Crippen molar-refractivity contribution in [2.75, 3.05) is 13.2 Å². The predicted molar refractivity (Wildman–Crippen MR) is 63.8 cm³/mol. The van der Waals surface area contributed by atoms with Gasteiger partial charge in [-0.3, -0.25) is 0 Å². The lowest BCUT2D eigenvalue weighted by atomic mass is 9.67. The lowest BCUT2D eigenvalue weighted by molar-refractivity contribution is 0.0465. The van der Waals surface area contributed by atoms with Gasteiger partial charge in [-0.2, -0.15) is 5.26 Å². The van der Waals surface area contributed by atoms with E-state index in [1.54, 1.807) is 0 Å². The molecule has 0 unspecified atom stereocenters. The molecule has 0 aromatic rings. The minimum Gasteiger partial charge on any atom is -0.381 e. The van der Waals surface area contributed by atoms with Crippen LogP contribution in [0, 0.1) is 28.6 Å². The quantitative estimate of drug-likeness (QED) is 0.714. The zero-order valence-corrected chi connectivity index (χ0v) is 10.4. The summed E-state index contributed by atoms with van der Waals surface area (Å²) in [6.45, 7) is 4.13. The van der Waals surface area contributed by atoms with E-state index >= 15 is 0 Å². The Hall–Kier alpha value is -0.550. The fraction of sp³-hybridized carbons (Fsp3) is 0.929. The van der Waals surface area contributed by atoms with Gasteiger partial charge in [0.15, 0.2) is 0 Å². The van der Waals surface area contributed by atoms with Crippen molar-refractivity contribution in [3.8, 4) is 6.07 Å². The van der Waals surface area contributed by atoms with Gasteiger partial charge in [0.2, 0.25) is 0 Å². The largest absolute Gasteiger partial charge is 0.381 e. The van der Waals surface area contributed by atoms with Crippen molar-refractivity contribution in [2.45, 2.75) is 51.9 Å². The molecule has 2 aliphatic rings. The van der Waals surface area contributed by atoms with Crippen molar-refractivity contribution < 1.29 is 4.74 Å². The Balaban J connectivity index is 1.91. The van der Waals surface area contributed by atoms with Gasteiger partial charge in [0, 0.05) is 13.2 Å². The zero-order valence-electron chi connectivity index (χ0n) is 10.4. The van der Waals surface area contributed by atoms with Crippen molar-refractivity contribution in [2.24, 2.45) is 17.3 Å². The molecule has 0 radical (unpaired) electrons. The molecule has 2 rings (SSSR count). The minimum atomic E-state index is 0.00845. The number of nitrogens with zero attached hydrogens (tertiary/aromatic N) is 1. The summed E-state index contributed by atoms with van der Waals surface area (Å²) in [6.07, 6.45) is 8.20. The van der Waals surface area contributed by atoms with Gasteiger partial charge in [0.25, 0.3) is 0 Å². The smallest absolute Gasteiger partial charge is 0.0689 e. The van der Waals surface area contributed by atoms with Gasteiger partial charge in [0.1, 0.15) is 0 Å². The Labute approximate surface area is 99.0 Å². The highest BCUT2D eigenvalue weighted by molar-refractivity contribution is 5.02. The predicted octanol–water partition coefficient (Wildman–Crippen LogP) is 3.52. The number of nitriles is 1. The average Bonchev–Trinajstić information content (AvgIpc) is 2.34. The van der Waals surface area contributed by atoms with Gasteiger partial charge in [-0.05, 0) is 56.8 Å². The van der Waals surface area contributed by atoms with E-state index in [0.717, 1.165) is 44.3 Å². The lowest BCUT2D eigenvalue weighted by Gasteiger charge is -2.37. The van der Waals surface area contributed by atoms with E-state index in [1.807, 2.05) is 0 Å². The van der Waals surface area contributed by atoms with Crippen LogP contribution in [0.15, 0.2) is 0 Å². The lowest BCUT2D eigenvalue weighted by Crippen LogP contribution is -2.30. The van der Waals surface area contributed by atoms with Gasteiger partial charge < -0.3 is 4.74 Å². The van der Waals surface area contributed by atoms with Crippen LogP contribution in [0.5, 0.6) is 0 Å². The first-order valence-corrected chi connectivity index (χ1v) is 6.73. The second-order valence-electron chi connectivity index (χ2n) is 5.83. The number of rotatable bonds is 2. The number of hydrogen-bond acceptors (Lipinski definition) is 2. The first-order chi connectivity index (χ1) is 7.74. The number of hydrogen-bond donors (Lipinski definition) is 0. The highest BCUT2D eigenvalue weighted by Crippen LogP contribution is 2.44. The van der Waals surface area contributed by atoms with E-state index in [-0.39, 0.29) is 5.41 Å². The van der Waals surface area contributed by atoms with E-state index in [9.17, 15) is 5.26 Å². The summed E-state index contributed by atoms with van der Waals surface area (Å²) in [5.41, 5.74) is 0.00845. The van der Waals surface area contributed by atoms with E-state index in [4.69, 9.17) is 4.74 Å². The maximum atomic E-state index is 9.48. The van der Waals surface area contributed by atoms with E-state index in [2.05, 4.69) is 13.0 Å². The summed E-state index contributed by atoms with van der Waals surface area (Å²) >= 11 is 0. The SMILES string of the molecule is CC1CCC(C#N)(CC2CCOCC2)CC1. The summed E-state index contributed by atoms with van der Waals surface area (Å²) in [7, 11) is 0. The summed E-state index contributed by atoms with van der Waals surface area (Å²) in [4.78, 5) is 0. The Morgan fingerprint density at radius 1 is 1.19 bits per heavy atom. The van der Waals surface area contributed by atoms with Crippen molar-refractivity contribution in [3.05, 3.63) is 0 Å². The summed E-state index contributed by atoms with van der Waals surface area (Å²) in [5.74, 6) is 1.57. The summed E-state index contributed by atoms with van der Waals surface area (Å²) < 4.78 is 5.39. The Bertz CT molecular complexity index is 254. The van der Waals surface area contributed by atoms with Crippen LogP contribution in [0.1, 0.15) is 51.9 Å². The van der Waals surface area contributed by atoms with Crippen LogP contribution in [0.25, 0.3) is 0 Å². The molecule has 0 aromatic carbocycles. The molecule has 0 aromatic heterocycles. The summed E-state index contributed by atoms with van der Waals surface area (Å²) in [6, 6.07) is 2.64. The standard InChI is InChI=1S/C14H23NO/c1-12-2-6-14(11-15,7-3-12)10-13-4-8-16-9-5-13/h12-13H,2-10H2,1H3. The van der Waals surface area contributed by atoms with Crippen molar-refractivity contribution in [3.63, 3.8) is 0 Å². The van der Waals surface area contributed by atoms with Crippen LogP contribution in [0.3, 0.4) is 0 Å². The third-order valence-electron chi connectivity index (χ3n) is 4.49. The third kappa shape index (κ3) is 2.77. The normalized spacial score (nSPS) is 36.9. The van der Waals surface area contributed by atoms with Crippen LogP contribution in [-0.2, 0) is 4.74 Å². The molecule has 1 saturated heterocycles. The molecule has 0 amide bonds. The first-order valence-electron chi connectivity index (χ1n) is 6.73. The molecule has 1 heterocycles. The molecule has 1 saturated carbocycles. The molecular weight excluding hydrogens is 198 g/mol. The molecular formula is C14H23NO. The molecule has 2 fully saturated rings. The van der Waals surface area contributed by atoms with Crippen molar-refractivity contribution >= 4 is 0 Å². The zero-order chi connectivity index (χ0) is 11.4. The van der Waals surface area contributed by atoms with E-state index in [1.165, 1.54) is 25.7 Å². The van der Waals surface area contributed by atoms with Crippen LogP contribution >= 0.6 is 0 Å². The first kappa shape index (κ1) is 11.9. The monoisotopic (exact) mass is 221 g/mol. The van der Waals surface area contributed by atoms with Crippen LogP contribution in [0.2, 0.25) is 0 Å². The molecule has 2 nitrogen and oxygen atoms in total. The maximum Gasteiger partial charge on any atom is 0.0689 e. The fourth-order valence-electron chi connectivity index (χ4n) is 3.18. The Morgan fingerprint density at radius 3 is 2.38 bits per heavy atom. The molecule has 0 N–H and O–H groups in total. The molecule has 0 atom stereocenters. The van der Waals surface area contributed by atoms with E-state index < -0.39 is 0 Å².